The molecule has 0 radical (unpaired) electrons. The van der Waals surface area contributed by atoms with E-state index >= 15 is 0 Å². The summed E-state index contributed by atoms with van der Waals surface area (Å²) in [5.41, 5.74) is 2.61. The molecule has 1 heterocycles. The summed E-state index contributed by atoms with van der Waals surface area (Å²) in [5, 5.41) is 4.70. The minimum Gasteiger partial charge on any atom is -0.355 e. The molecule has 0 aliphatic heterocycles. The van der Waals surface area contributed by atoms with Crippen LogP contribution in [0.25, 0.3) is 32.8 Å². The van der Waals surface area contributed by atoms with E-state index in [0.29, 0.717) is 33.3 Å². The minimum atomic E-state index is -4.39. The van der Waals surface area contributed by atoms with Crippen molar-refractivity contribution < 1.29 is 29.5 Å². The third-order valence-corrected chi connectivity index (χ3v) is 8.26. The molecule has 0 atom stereocenters. The van der Waals surface area contributed by atoms with E-state index in [1.54, 1.807) is 60.7 Å². The Morgan fingerprint density at radius 3 is 2.08 bits per heavy atom. The van der Waals surface area contributed by atoms with E-state index in [1.807, 2.05) is 24.3 Å². The van der Waals surface area contributed by atoms with Crippen molar-refractivity contribution >= 4 is 64.6 Å². The molecule has 194 valence electrons. The van der Waals surface area contributed by atoms with E-state index in [9.17, 15) is 21.4 Å². The van der Waals surface area contributed by atoms with Crippen molar-refractivity contribution in [2.24, 2.45) is 0 Å². The average Bonchev–Trinajstić information content (AvgIpc) is 2.92. The second kappa shape index (κ2) is 9.31. The van der Waals surface area contributed by atoms with Gasteiger partial charge < -0.3 is 9.50 Å². The predicted molar refractivity (Wildman–Crippen MR) is 148 cm³/mol. The maximum atomic E-state index is 13.8. The third-order valence-electron chi connectivity index (χ3n) is 6.15. The monoisotopic (exact) mass is 558 g/mol. The van der Waals surface area contributed by atoms with Gasteiger partial charge in [0, 0.05) is 28.6 Å². The third kappa shape index (κ3) is 4.63. The molecule has 0 spiro atoms. The number of para-hydroxylation sites is 3. The van der Waals surface area contributed by atoms with Gasteiger partial charge in [-0.3, -0.25) is 4.55 Å². The van der Waals surface area contributed by atoms with E-state index in [4.69, 9.17) is 9.17 Å². The van der Waals surface area contributed by atoms with Crippen LogP contribution in [0.1, 0.15) is 0 Å². The van der Waals surface area contributed by atoms with Gasteiger partial charge in [0.05, 0.1) is 10.6 Å². The molecule has 11 heteroatoms. The van der Waals surface area contributed by atoms with E-state index in [2.05, 4.69) is 5.32 Å². The Balaban J connectivity index is 1.62. The van der Waals surface area contributed by atoms with Crippen molar-refractivity contribution in [2.45, 2.75) is 4.90 Å². The van der Waals surface area contributed by atoms with Gasteiger partial charge in [0.15, 0.2) is 0 Å². The molecule has 5 aromatic carbocycles. The van der Waals surface area contributed by atoms with Crippen LogP contribution >= 0.6 is 0 Å². The van der Waals surface area contributed by atoms with Crippen LogP contribution in [0.4, 0.5) is 11.4 Å². The van der Waals surface area contributed by atoms with Crippen LogP contribution in [0.15, 0.2) is 114 Å². The Morgan fingerprint density at radius 2 is 1.36 bits per heavy atom. The standard InChI is InChI=1S/C28H19N3O6S2/c32-38(33,34)21-16-14-19(15-17-21)29-25-18-27-28(23-11-5-4-10-22(23)25)30-24-12-6-7-13-26(24)31(27)39(35,36)37-20-8-2-1-3-9-20/h1-18H,(H,32,33,34)/p+1. The van der Waals surface area contributed by atoms with Gasteiger partial charge >= 0.3 is 10.3 Å². The minimum absolute atomic E-state index is 0.164. The molecule has 9 nitrogen and oxygen atoms in total. The molecule has 0 saturated heterocycles. The number of rotatable bonds is 6. The van der Waals surface area contributed by atoms with Gasteiger partial charge in [0.1, 0.15) is 16.8 Å². The highest BCUT2D eigenvalue weighted by atomic mass is 32.2. The highest BCUT2D eigenvalue weighted by Gasteiger charge is 2.34. The van der Waals surface area contributed by atoms with Gasteiger partial charge in [-0.15, -0.1) is 8.42 Å². The van der Waals surface area contributed by atoms with Crippen molar-refractivity contribution in [3.05, 3.63) is 109 Å². The van der Waals surface area contributed by atoms with Crippen LogP contribution < -0.4 is 13.5 Å². The predicted octanol–water partition coefficient (Wildman–Crippen LogP) is 4.99. The summed E-state index contributed by atoms with van der Waals surface area (Å²) in [6.07, 6.45) is 0. The zero-order valence-electron chi connectivity index (χ0n) is 20.1. The van der Waals surface area contributed by atoms with Crippen molar-refractivity contribution in [1.82, 2.24) is 4.98 Å². The molecule has 1 aromatic heterocycles. The summed E-state index contributed by atoms with van der Waals surface area (Å²) < 4.78 is 66.4. The molecule has 0 aliphatic carbocycles. The lowest BCUT2D eigenvalue weighted by molar-refractivity contribution is -0.457. The van der Waals surface area contributed by atoms with E-state index in [0.717, 1.165) is 9.36 Å². The van der Waals surface area contributed by atoms with Gasteiger partial charge in [-0.1, -0.05) is 54.6 Å². The highest BCUT2D eigenvalue weighted by Crippen LogP contribution is 2.33. The maximum Gasteiger partial charge on any atom is 0.566 e. The average molecular weight is 559 g/mol. The largest absolute Gasteiger partial charge is 0.566 e. The number of hydrogen-bond donors (Lipinski definition) is 2. The fraction of sp³-hybridized carbons (Fsp3) is 0. The van der Waals surface area contributed by atoms with Gasteiger partial charge in [0.2, 0.25) is 0 Å². The summed E-state index contributed by atoms with van der Waals surface area (Å²) in [6, 6.07) is 29.8. The SMILES string of the molecule is O=S(=O)(O)c1ccc(Nc2cc3c(nc4ccccc4[n+]3S(=O)(=O)Oc3ccccc3)c3ccccc23)cc1. The van der Waals surface area contributed by atoms with Crippen molar-refractivity contribution in [3.63, 3.8) is 0 Å². The smallest absolute Gasteiger partial charge is 0.355 e. The van der Waals surface area contributed by atoms with Crippen LogP contribution in [-0.4, -0.2) is 26.4 Å². The Bertz CT molecular complexity index is 2100. The number of hydrogen-bond acceptors (Lipinski definition) is 7. The molecule has 0 aliphatic rings. The van der Waals surface area contributed by atoms with Gasteiger partial charge in [-0.2, -0.15) is 8.42 Å². The van der Waals surface area contributed by atoms with Crippen molar-refractivity contribution in [2.75, 3.05) is 5.32 Å². The van der Waals surface area contributed by atoms with E-state index in [1.165, 1.54) is 24.3 Å². The molecule has 2 N–H and O–H groups in total. The van der Waals surface area contributed by atoms with Gasteiger partial charge in [0.25, 0.3) is 21.2 Å². The van der Waals surface area contributed by atoms with Crippen LogP contribution in [-0.2, 0) is 20.4 Å². The number of fused-ring (bicyclic) bond motifs is 4. The number of nitrogens with zero attached hydrogens (tertiary/aromatic N) is 2. The first-order valence-corrected chi connectivity index (χ1v) is 14.5. The normalized spacial score (nSPS) is 12.1. The first-order chi connectivity index (χ1) is 18.7. The number of nitrogens with one attached hydrogen (secondary N) is 1. The second-order valence-electron chi connectivity index (χ2n) is 8.68. The van der Waals surface area contributed by atoms with E-state index in [-0.39, 0.29) is 16.2 Å². The molecule has 39 heavy (non-hydrogen) atoms. The zero-order valence-corrected chi connectivity index (χ0v) is 21.7. The molecule has 6 aromatic rings. The van der Waals surface area contributed by atoms with Crippen LogP contribution in [0.5, 0.6) is 5.75 Å². The van der Waals surface area contributed by atoms with Crippen LogP contribution in [0.3, 0.4) is 0 Å². The second-order valence-corrected chi connectivity index (χ2v) is 11.5. The molecule has 0 amide bonds. The van der Waals surface area contributed by atoms with Crippen molar-refractivity contribution in [1.29, 1.82) is 0 Å². The summed E-state index contributed by atoms with van der Waals surface area (Å²) in [6.45, 7) is 0. The maximum absolute atomic E-state index is 13.8. The van der Waals surface area contributed by atoms with Gasteiger partial charge in [-0.25, -0.2) is 4.98 Å². The first kappa shape index (κ1) is 24.7. The first-order valence-electron chi connectivity index (χ1n) is 11.7. The Hall–Kier alpha value is -4.58. The molecule has 0 fully saturated rings. The summed E-state index contributed by atoms with van der Waals surface area (Å²) >= 11 is 0. The summed E-state index contributed by atoms with van der Waals surface area (Å²) in [5.74, 6) is 0.164. The zero-order chi connectivity index (χ0) is 27.2. The molecule has 0 unspecified atom stereocenters. The van der Waals surface area contributed by atoms with Crippen LogP contribution in [0, 0.1) is 0 Å². The molecular weight excluding hydrogens is 538 g/mol. The summed E-state index contributed by atoms with van der Waals surface area (Å²) in [4.78, 5) is 4.57. The number of anilines is 2. The fourth-order valence-corrected chi connectivity index (χ4v) is 6.13. The lowest BCUT2D eigenvalue weighted by Crippen LogP contribution is -2.47. The van der Waals surface area contributed by atoms with E-state index < -0.39 is 20.4 Å². The Morgan fingerprint density at radius 1 is 0.718 bits per heavy atom. The van der Waals surface area contributed by atoms with Crippen LogP contribution in [0.2, 0.25) is 0 Å². The van der Waals surface area contributed by atoms with Crippen molar-refractivity contribution in [3.8, 4) is 5.75 Å². The van der Waals surface area contributed by atoms with Gasteiger partial charge in [-0.05, 0) is 46.4 Å². The lowest BCUT2D eigenvalue weighted by atomic mass is 10.1. The topological polar surface area (TPSA) is 127 Å². The molecule has 6 rings (SSSR count). The fourth-order valence-electron chi connectivity index (χ4n) is 4.44. The Labute approximate surface area is 224 Å². The molecule has 0 bridgehead atoms. The number of aromatic nitrogens is 2. The molecular formula is C28H20N3O6S2+. The quantitative estimate of drug-likeness (QED) is 0.127. The highest BCUT2D eigenvalue weighted by molar-refractivity contribution is 7.85. The Kier molecular flexibility index (Phi) is 5.91. The lowest BCUT2D eigenvalue weighted by Gasteiger charge is -2.13. The molecule has 0 saturated carbocycles. The number of benzene rings is 5. The summed E-state index contributed by atoms with van der Waals surface area (Å²) in [7, 11) is -8.74.